The van der Waals surface area contributed by atoms with Crippen LogP contribution in [0.15, 0.2) is 60.8 Å². The lowest BCUT2D eigenvalue weighted by atomic mass is 9.85. The summed E-state index contributed by atoms with van der Waals surface area (Å²) in [6, 6.07) is 11.2. The van der Waals surface area contributed by atoms with Gasteiger partial charge in [0.25, 0.3) is 0 Å². The second kappa shape index (κ2) is 9.64. The summed E-state index contributed by atoms with van der Waals surface area (Å²) < 4.78 is 14.6. The molecule has 0 radical (unpaired) electrons. The lowest BCUT2D eigenvalue weighted by Crippen LogP contribution is -2.27. The summed E-state index contributed by atoms with van der Waals surface area (Å²) in [6.07, 6.45) is 5.22. The molecule has 2 aromatic carbocycles. The first-order chi connectivity index (χ1) is 15.2. The van der Waals surface area contributed by atoms with E-state index in [1.165, 1.54) is 5.69 Å². The van der Waals surface area contributed by atoms with Gasteiger partial charge in [-0.2, -0.15) is 0 Å². The number of para-hydroxylation sites is 1. The number of anilines is 3. The summed E-state index contributed by atoms with van der Waals surface area (Å²) in [6.45, 7) is 18.3. The van der Waals surface area contributed by atoms with Crippen molar-refractivity contribution in [3.8, 4) is 0 Å². The van der Waals surface area contributed by atoms with E-state index in [0.29, 0.717) is 17.6 Å². The van der Waals surface area contributed by atoms with Crippen molar-refractivity contribution in [3.05, 3.63) is 83.3 Å². The topological polar surface area (TPSA) is 41.3 Å². The van der Waals surface area contributed by atoms with E-state index in [1.54, 1.807) is 0 Å². The van der Waals surface area contributed by atoms with E-state index < -0.39 is 0 Å². The van der Waals surface area contributed by atoms with Crippen LogP contribution in [0.4, 0.5) is 21.5 Å². The van der Waals surface area contributed by atoms with Gasteiger partial charge in [-0.25, -0.2) is 4.39 Å². The summed E-state index contributed by atoms with van der Waals surface area (Å²) in [7, 11) is 0. The van der Waals surface area contributed by atoms with Gasteiger partial charge < -0.3 is 16.0 Å². The molecule has 0 atom stereocenters. The summed E-state index contributed by atoms with van der Waals surface area (Å²) in [4.78, 5) is 2.27. The first kappa shape index (κ1) is 23.6. The van der Waals surface area contributed by atoms with Crippen molar-refractivity contribution < 1.29 is 4.39 Å². The Hall–Kier alpha value is -3.01. The highest BCUT2D eigenvalue weighted by atomic mass is 19.1. The molecule has 3 nitrogen and oxygen atoms in total. The number of rotatable bonds is 5. The third-order valence-electron chi connectivity index (χ3n) is 5.95. The number of allylic oxidation sites excluding steroid dienone is 3. The predicted molar refractivity (Wildman–Crippen MR) is 138 cm³/mol. The Balaban J connectivity index is 0.000000243. The minimum atomic E-state index is -0.310. The van der Waals surface area contributed by atoms with Crippen molar-refractivity contribution in [1.82, 2.24) is 0 Å². The zero-order chi connectivity index (χ0) is 23.6. The van der Waals surface area contributed by atoms with Crippen LogP contribution in [0.3, 0.4) is 0 Å². The molecule has 4 rings (SSSR count). The molecule has 32 heavy (non-hydrogen) atoms. The molecule has 0 aromatic heterocycles. The van der Waals surface area contributed by atoms with Crippen molar-refractivity contribution in [3.63, 3.8) is 0 Å². The Morgan fingerprint density at radius 3 is 2.38 bits per heavy atom. The standard InChI is InChI=1S/C19H23FN2.C9H13N/c1-6-14-12(5)17(20)18(21)16-11(4)15(10(2)3)9-22(19(14)16)13-7-8-13;1-8(2)10-9-6-4-3-5-7-9/h9,13H,2,4,6-8,21H2,1,3,5H3;3-8,10H,1-2H3. The Bertz CT molecular complexity index is 1050. The maximum atomic E-state index is 14.6. The van der Waals surface area contributed by atoms with E-state index in [9.17, 15) is 4.39 Å². The number of halogens is 1. The number of nitrogens with zero attached hydrogens (tertiary/aromatic N) is 1. The van der Waals surface area contributed by atoms with Gasteiger partial charge in [0.15, 0.2) is 0 Å². The predicted octanol–water partition coefficient (Wildman–Crippen LogP) is 7.24. The van der Waals surface area contributed by atoms with Crippen LogP contribution in [0.25, 0.3) is 5.57 Å². The minimum absolute atomic E-state index is 0.215. The highest BCUT2D eigenvalue weighted by molar-refractivity contribution is 5.98. The average molecular weight is 434 g/mol. The fraction of sp³-hybridized carbons (Fsp3) is 0.357. The second-order valence-electron chi connectivity index (χ2n) is 9.01. The van der Waals surface area contributed by atoms with Crippen LogP contribution in [0.2, 0.25) is 0 Å². The number of benzene rings is 2. The number of hydrogen-bond acceptors (Lipinski definition) is 3. The van der Waals surface area contributed by atoms with Crippen LogP contribution in [-0.4, -0.2) is 12.1 Å². The highest BCUT2D eigenvalue weighted by Gasteiger charge is 2.36. The molecule has 1 aliphatic heterocycles. The van der Waals surface area contributed by atoms with Crippen molar-refractivity contribution in [1.29, 1.82) is 0 Å². The summed E-state index contributed by atoms with van der Waals surface area (Å²) in [5.41, 5.74) is 13.7. The summed E-state index contributed by atoms with van der Waals surface area (Å²) in [5, 5.41) is 3.30. The normalized spacial score (nSPS) is 15.0. The number of hydrogen-bond donors (Lipinski definition) is 2. The smallest absolute Gasteiger partial charge is 0.150 e. The Morgan fingerprint density at radius 1 is 1.25 bits per heavy atom. The van der Waals surface area contributed by atoms with Crippen LogP contribution in [-0.2, 0) is 6.42 Å². The van der Waals surface area contributed by atoms with E-state index in [0.717, 1.165) is 52.8 Å². The van der Waals surface area contributed by atoms with E-state index in [2.05, 4.69) is 62.5 Å². The SMILES string of the molecule is C=C(C)C1=CN(C2CC2)c2c(CC)c(C)c(F)c(N)c2C1=C.CC(C)Nc1ccccc1. The molecule has 1 aliphatic carbocycles. The van der Waals surface area contributed by atoms with Gasteiger partial charge in [-0.15, -0.1) is 0 Å². The molecule has 1 fully saturated rings. The van der Waals surface area contributed by atoms with Crippen molar-refractivity contribution in [2.24, 2.45) is 0 Å². The van der Waals surface area contributed by atoms with E-state index in [4.69, 9.17) is 5.73 Å². The van der Waals surface area contributed by atoms with Gasteiger partial charge in [0.05, 0.1) is 11.4 Å². The first-order valence-electron chi connectivity index (χ1n) is 11.4. The zero-order valence-electron chi connectivity index (χ0n) is 20.1. The van der Waals surface area contributed by atoms with Gasteiger partial charge in [-0.3, -0.25) is 0 Å². The van der Waals surface area contributed by atoms with E-state index in [-0.39, 0.29) is 11.5 Å². The Morgan fingerprint density at radius 2 is 1.88 bits per heavy atom. The summed E-state index contributed by atoms with van der Waals surface area (Å²) in [5.74, 6) is -0.310. The maximum absolute atomic E-state index is 14.6. The first-order valence-corrected chi connectivity index (χ1v) is 11.4. The molecule has 0 bridgehead atoms. The van der Waals surface area contributed by atoms with Crippen molar-refractivity contribution >= 4 is 22.6 Å². The van der Waals surface area contributed by atoms with Gasteiger partial charge in [0.2, 0.25) is 0 Å². The van der Waals surface area contributed by atoms with Crippen LogP contribution in [0.5, 0.6) is 0 Å². The molecule has 4 heteroatoms. The molecule has 0 amide bonds. The number of fused-ring (bicyclic) bond motifs is 1. The zero-order valence-corrected chi connectivity index (χ0v) is 20.1. The van der Waals surface area contributed by atoms with E-state index in [1.807, 2.05) is 32.0 Å². The Labute approximate surface area is 192 Å². The average Bonchev–Trinajstić information content (AvgIpc) is 3.58. The Kier molecular flexibility index (Phi) is 7.12. The lowest BCUT2D eigenvalue weighted by Gasteiger charge is -2.35. The van der Waals surface area contributed by atoms with Gasteiger partial charge in [-0.1, -0.05) is 38.3 Å². The van der Waals surface area contributed by atoms with Gasteiger partial charge in [0.1, 0.15) is 5.82 Å². The molecule has 0 saturated heterocycles. The minimum Gasteiger partial charge on any atom is -0.396 e. The molecule has 1 heterocycles. The highest BCUT2D eigenvalue weighted by Crippen LogP contribution is 2.49. The molecule has 0 spiro atoms. The lowest BCUT2D eigenvalue weighted by molar-refractivity contribution is 0.619. The molecule has 3 N–H and O–H groups in total. The third kappa shape index (κ3) is 4.74. The van der Waals surface area contributed by atoms with Crippen LogP contribution >= 0.6 is 0 Å². The number of nitrogen functional groups attached to an aromatic ring is 1. The summed E-state index contributed by atoms with van der Waals surface area (Å²) >= 11 is 0. The van der Waals surface area contributed by atoms with Crippen LogP contribution < -0.4 is 16.0 Å². The van der Waals surface area contributed by atoms with Crippen molar-refractivity contribution in [2.45, 2.75) is 66.0 Å². The van der Waals surface area contributed by atoms with Crippen molar-refractivity contribution in [2.75, 3.05) is 16.0 Å². The molecular weight excluding hydrogens is 397 g/mol. The molecular formula is C28H36FN3. The largest absolute Gasteiger partial charge is 0.396 e. The number of nitrogens with one attached hydrogen (secondary N) is 1. The quantitative estimate of drug-likeness (QED) is 0.488. The third-order valence-corrected chi connectivity index (χ3v) is 5.95. The van der Waals surface area contributed by atoms with Gasteiger partial charge in [0, 0.05) is 35.1 Å². The fourth-order valence-electron chi connectivity index (χ4n) is 4.22. The van der Waals surface area contributed by atoms with Gasteiger partial charge >= 0.3 is 0 Å². The van der Waals surface area contributed by atoms with Gasteiger partial charge in [-0.05, 0) is 81.4 Å². The number of nitrogens with two attached hydrogens (primary N) is 1. The van der Waals surface area contributed by atoms with E-state index >= 15 is 0 Å². The molecule has 1 saturated carbocycles. The molecule has 0 unspecified atom stereocenters. The van der Waals surface area contributed by atoms with Crippen LogP contribution in [0, 0.1) is 12.7 Å². The molecule has 2 aromatic rings. The fourth-order valence-corrected chi connectivity index (χ4v) is 4.22. The molecule has 170 valence electrons. The second-order valence-corrected chi connectivity index (χ2v) is 9.01. The molecule has 2 aliphatic rings. The maximum Gasteiger partial charge on any atom is 0.150 e. The monoisotopic (exact) mass is 433 g/mol. The van der Waals surface area contributed by atoms with Crippen LogP contribution in [0.1, 0.15) is 57.2 Å².